The molecule has 0 atom stereocenters. The topological polar surface area (TPSA) is 97.5 Å². The third-order valence-corrected chi connectivity index (χ3v) is 4.43. The molecule has 0 unspecified atom stereocenters. The zero-order valence-corrected chi connectivity index (χ0v) is 13.6. The minimum absolute atomic E-state index is 0.0365. The van der Waals surface area contributed by atoms with E-state index in [-0.39, 0.29) is 10.6 Å². The Kier molecular flexibility index (Phi) is 5.41. The van der Waals surface area contributed by atoms with Crippen LogP contribution in [0.5, 0.6) is 5.75 Å². The zero-order chi connectivity index (χ0) is 16.9. The van der Waals surface area contributed by atoms with E-state index < -0.39 is 15.6 Å². The molecule has 1 heterocycles. The van der Waals surface area contributed by atoms with Crippen molar-refractivity contribution in [2.45, 2.75) is 11.8 Å². The number of pyridine rings is 1. The summed E-state index contributed by atoms with van der Waals surface area (Å²) in [4.78, 5) is 14.0. The lowest BCUT2D eigenvalue weighted by molar-refractivity contribution is 0.146. The first kappa shape index (κ1) is 17.0. The fourth-order valence-electron chi connectivity index (χ4n) is 1.89. The summed E-state index contributed by atoms with van der Waals surface area (Å²) in [5.41, 5.74) is 0.129. The van der Waals surface area contributed by atoms with Gasteiger partial charge in [0.15, 0.2) is 0 Å². The van der Waals surface area contributed by atoms with Gasteiger partial charge in [-0.1, -0.05) is 0 Å². The summed E-state index contributed by atoms with van der Waals surface area (Å²) in [5.74, 6) is 0.582. The number of H-pyrrole nitrogens is 1. The van der Waals surface area contributed by atoms with Gasteiger partial charge in [0.1, 0.15) is 18.0 Å². The highest BCUT2D eigenvalue weighted by molar-refractivity contribution is 7.92. The standard InChI is InChI=1S/C15H18N2O5S/c1-11-10-12(5-6-14(11)22-9-8-21-2)23(19,20)17-13-4-3-7-16-15(13)18/h3-7,10,17H,8-9H2,1-2H3,(H,16,18). The lowest BCUT2D eigenvalue weighted by atomic mass is 10.2. The highest BCUT2D eigenvalue weighted by Gasteiger charge is 2.17. The van der Waals surface area contributed by atoms with Crippen LogP contribution in [0.25, 0.3) is 0 Å². The number of aryl methyl sites for hydroxylation is 1. The summed E-state index contributed by atoms with van der Waals surface area (Å²) in [6.07, 6.45) is 1.43. The maximum atomic E-state index is 12.4. The van der Waals surface area contributed by atoms with Crippen LogP contribution in [-0.4, -0.2) is 33.7 Å². The molecular formula is C15H18N2O5S. The van der Waals surface area contributed by atoms with E-state index in [1.165, 1.54) is 30.5 Å². The Labute approximate surface area is 134 Å². The fraction of sp³-hybridized carbons (Fsp3) is 0.267. The number of aromatic amines is 1. The van der Waals surface area contributed by atoms with Gasteiger partial charge in [-0.25, -0.2) is 8.42 Å². The van der Waals surface area contributed by atoms with E-state index >= 15 is 0 Å². The average molecular weight is 338 g/mol. The average Bonchev–Trinajstić information content (AvgIpc) is 2.51. The van der Waals surface area contributed by atoms with Crippen LogP contribution in [-0.2, 0) is 14.8 Å². The molecule has 2 rings (SSSR count). The van der Waals surface area contributed by atoms with Gasteiger partial charge < -0.3 is 14.5 Å². The predicted octanol–water partition coefficient (Wildman–Crippen LogP) is 1.51. The number of nitrogens with one attached hydrogen (secondary N) is 2. The summed E-state index contributed by atoms with van der Waals surface area (Å²) < 4.78 is 37.4. The molecule has 0 saturated heterocycles. The van der Waals surface area contributed by atoms with Gasteiger partial charge in [-0.3, -0.25) is 9.52 Å². The molecule has 1 aromatic carbocycles. The zero-order valence-electron chi connectivity index (χ0n) is 12.8. The van der Waals surface area contributed by atoms with Crippen molar-refractivity contribution in [1.82, 2.24) is 4.98 Å². The molecule has 0 spiro atoms. The Hall–Kier alpha value is -2.32. The SMILES string of the molecule is COCCOc1ccc(S(=O)(=O)Nc2ccc[nH]c2=O)cc1C. The monoisotopic (exact) mass is 338 g/mol. The van der Waals surface area contributed by atoms with E-state index in [1.807, 2.05) is 0 Å². The van der Waals surface area contributed by atoms with Gasteiger partial charge in [0.05, 0.1) is 11.5 Å². The second kappa shape index (κ2) is 7.30. The molecule has 1 aromatic heterocycles. The van der Waals surface area contributed by atoms with Crippen molar-refractivity contribution in [3.05, 3.63) is 52.4 Å². The van der Waals surface area contributed by atoms with E-state index in [9.17, 15) is 13.2 Å². The van der Waals surface area contributed by atoms with E-state index in [2.05, 4.69) is 9.71 Å². The number of ether oxygens (including phenoxy) is 2. The molecule has 0 radical (unpaired) electrons. The first-order valence-electron chi connectivity index (χ1n) is 6.87. The first-order chi connectivity index (χ1) is 10.9. The lowest BCUT2D eigenvalue weighted by Gasteiger charge is -2.11. The highest BCUT2D eigenvalue weighted by atomic mass is 32.2. The second-order valence-corrected chi connectivity index (χ2v) is 6.47. The number of hydrogen-bond donors (Lipinski definition) is 2. The summed E-state index contributed by atoms with van der Waals surface area (Å²) in [5, 5.41) is 0. The van der Waals surface area contributed by atoms with Crippen molar-refractivity contribution >= 4 is 15.7 Å². The van der Waals surface area contributed by atoms with Crippen LogP contribution in [0.1, 0.15) is 5.56 Å². The highest BCUT2D eigenvalue weighted by Crippen LogP contribution is 2.22. The molecule has 23 heavy (non-hydrogen) atoms. The van der Waals surface area contributed by atoms with Gasteiger partial charge in [0, 0.05) is 13.3 Å². The summed E-state index contributed by atoms with van der Waals surface area (Å²) in [7, 11) is -2.28. The quantitative estimate of drug-likeness (QED) is 0.746. The molecule has 0 saturated carbocycles. The van der Waals surface area contributed by atoms with Crippen molar-refractivity contribution < 1.29 is 17.9 Å². The molecule has 8 heteroatoms. The van der Waals surface area contributed by atoms with E-state index in [0.717, 1.165) is 0 Å². The Morgan fingerprint density at radius 1 is 1.22 bits per heavy atom. The molecule has 0 fully saturated rings. The van der Waals surface area contributed by atoms with Gasteiger partial charge in [-0.2, -0.15) is 0 Å². The van der Waals surface area contributed by atoms with E-state index in [4.69, 9.17) is 9.47 Å². The second-order valence-electron chi connectivity index (χ2n) is 4.79. The molecule has 0 aliphatic carbocycles. The van der Waals surface area contributed by atoms with Crippen LogP contribution in [0.2, 0.25) is 0 Å². The van der Waals surface area contributed by atoms with Gasteiger partial charge >= 0.3 is 0 Å². The van der Waals surface area contributed by atoms with Crippen molar-refractivity contribution in [2.75, 3.05) is 25.0 Å². The van der Waals surface area contributed by atoms with Crippen molar-refractivity contribution in [3.63, 3.8) is 0 Å². The maximum absolute atomic E-state index is 12.4. The van der Waals surface area contributed by atoms with Crippen molar-refractivity contribution in [1.29, 1.82) is 0 Å². The van der Waals surface area contributed by atoms with Gasteiger partial charge in [0.2, 0.25) is 0 Å². The van der Waals surface area contributed by atoms with Crippen molar-refractivity contribution in [3.8, 4) is 5.75 Å². The maximum Gasteiger partial charge on any atom is 0.272 e. The van der Waals surface area contributed by atoms with E-state index in [1.54, 1.807) is 20.1 Å². The van der Waals surface area contributed by atoms with Gasteiger partial charge in [-0.05, 0) is 42.8 Å². The molecule has 0 aliphatic rings. The lowest BCUT2D eigenvalue weighted by Crippen LogP contribution is -2.19. The fourth-order valence-corrected chi connectivity index (χ4v) is 3.04. The molecule has 0 bridgehead atoms. The summed E-state index contributed by atoms with van der Waals surface area (Å²) in [6, 6.07) is 7.42. The number of rotatable bonds is 7. The van der Waals surface area contributed by atoms with Crippen molar-refractivity contribution in [2.24, 2.45) is 0 Å². The smallest absolute Gasteiger partial charge is 0.272 e. The molecule has 0 amide bonds. The van der Waals surface area contributed by atoms with E-state index in [0.29, 0.717) is 24.5 Å². The Balaban J connectivity index is 2.22. The number of aromatic nitrogens is 1. The summed E-state index contributed by atoms with van der Waals surface area (Å²) >= 11 is 0. The number of methoxy groups -OCH3 is 1. The number of anilines is 1. The molecule has 2 aromatic rings. The van der Waals surface area contributed by atoms with Gasteiger partial charge in [0.25, 0.3) is 15.6 Å². The molecule has 2 N–H and O–H groups in total. The van der Waals surface area contributed by atoms with Crippen LogP contribution in [0.3, 0.4) is 0 Å². The largest absolute Gasteiger partial charge is 0.491 e. The number of sulfonamides is 1. The molecule has 0 aliphatic heterocycles. The number of benzene rings is 1. The molecule has 124 valence electrons. The first-order valence-corrected chi connectivity index (χ1v) is 8.35. The van der Waals surface area contributed by atoms with Crippen LogP contribution in [0.15, 0.2) is 46.2 Å². The molecular weight excluding hydrogens is 320 g/mol. The summed E-state index contributed by atoms with van der Waals surface area (Å²) in [6.45, 7) is 2.56. The Morgan fingerprint density at radius 3 is 2.65 bits per heavy atom. The van der Waals surface area contributed by atoms with Crippen LogP contribution in [0.4, 0.5) is 5.69 Å². The minimum Gasteiger partial charge on any atom is -0.491 e. The van der Waals surface area contributed by atoms with Crippen LogP contribution < -0.4 is 15.0 Å². The molecule has 7 nitrogen and oxygen atoms in total. The van der Waals surface area contributed by atoms with Gasteiger partial charge in [-0.15, -0.1) is 0 Å². The Bertz CT molecular complexity index is 830. The normalized spacial score (nSPS) is 11.2. The Morgan fingerprint density at radius 2 is 2.00 bits per heavy atom. The van der Waals surface area contributed by atoms with Crippen LogP contribution >= 0.6 is 0 Å². The number of hydrogen-bond acceptors (Lipinski definition) is 5. The predicted molar refractivity (Wildman–Crippen MR) is 86.4 cm³/mol. The third-order valence-electron chi connectivity index (χ3n) is 3.06. The minimum atomic E-state index is -3.85. The third kappa shape index (κ3) is 4.33. The van der Waals surface area contributed by atoms with Crippen LogP contribution in [0, 0.1) is 6.92 Å².